The second kappa shape index (κ2) is 20.2. The van der Waals surface area contributed by atoms with Crippen LogP contribution < -0.4 is 26.2 Å². The van der Waals surface area contributed by atoms with Crippen molar-refractivity contribution in [2.75, 3.05) is 9.80 Å². The molecule has 0 aliphatic carbocycles. The first-order valence-electron chi connectivity index (χ1n) is 26.9. The number of anilines is 6. The highest BCUT2D eigenvalue weighted by atomic mass is 15.2. The minimum absolute atomic E-state index is 0.109. The van der Waals surface area contributed by atoms with Crippen LogP contribution in [0.3, 0.4) is 0 Å². The summed E-state index contributed by atoms with van der Waals surface area (Å²) >= 11 is 0. The van der Waals surface area contributed by atoms with Crippen molar-refractivity contribution in [3.63, 3.8) is 0 Å². The van der Waals surface area contributed by atoms with Crippen LogP contribution in [0.2, 0.25) is 0 Å². The number of aryl methyl sites for hydroxylation is 1. The minimum Gasteiger partial charge on any atom is -0.310 e. The highest BCUT2D eigenvalue weighted by molar-refractivity contribution is 7.00. The van der Waals surface area contributed by atoms with Gasteiger partial charge >= 0.3 is 0 Å². The lowest BCUT2D eigenvalue weighted by atomic mass is 9.33. The number of rotatable bonds is 13. The van der Waals surface area contributed by atoms with Crippen molar-refractivity contribution >= 4 is 57.2 Å². The molecule has 0 radical (unpaired) electrons. The molecule has 0 fully saturated rings. The molecule has 0 saturated carbocycles. The summed E-state index contributed by atoms with van der Waals surface area (Å²) in [7, 11) is 0. The average molecular weight is 961 g/mol. The normalized spacial score (nSPS) is 12.3. The second-order valence-corrected chi connectivity index (χ2v) is 20.1. The first-order valence-corrected chi connectivity index (χ1v) is 26.9. The van der Waals surface area contributed by atoms with E-state index in [1.54, 1.807) is 0 Å². The summed E-state index contributed by atoms with van der Waals surface area (Å²) < 4.78 is 0. The Bertz CT molecular complexity index is 3440. The van der Waals surface area contributed by atoms with Crippen molar-refractivity contribution in [1.29, 1.82) is 0 Å². The number of nitrogens with zero attached hydrogens (tertiary/aromatic N) is 2. The maximum absolute atomic E-state index is 2.67. The Balaban J connectivity index is 1.19. The maximum atomic E-state index is 2.67. The Hall–Kier alpha value is -8.92. The molecular weight excluding hydrogens is 904 g/mol. The van der Waals surface area contributed by atoms with Gasteiger partial charge in [-0.15, -0.1) is 0 Å². The molecule has 3 heteroatoms. The second-order valence-electron chi connectivity index (χ2n) is 20.1. The number of unbranched alkanes of at least 4 members (excludes halogenated alkanes) is 3. The highest BCUT2D eigenvalue weighted by Gasteiger charge is 2.45. The van der Waals surface area contributed by atoms with E-state index in [9.17, 15) is 0 Å². The molecule has 0 unspecified atom stereocenters. The summed E-state index contributed by atoms with van der Waals surface area (Å²) in [6.45, 7) is 2.20. The summed E-state index contributed by atoms with van der Waals surface area (Å²) in [6, 6.07) is 99.5. The summed E-state index contributed by atoms with van der Waals surface area (Å²) in [4.78, 5) is 5.34. The van der Waals surface area contributed by atoms with Gasteiger partial charge in [0.15, 0.2) is 0 Å². The van der Waals surface area contributed by atoms with Crippen molar-refractivity contribution < 1.29 is 0 Å². The van der Waals surface area contributed by atoms with Crippen LogP contribution >= 0.6 is 0 Å². The van der Waals surface area contributed by atoms with E-state index in [0.29, 0.717) is 0 Å². The fraction of sp³-hybridized carbons (Fsp3) is 0.0833. The number of para-hydroxylation sites is 2. The van der Waals surface area contributed by atoms with Gasteiger partial charge in [-0.2, -0.15) is 0 Å². The molecule has 0 saturated heterocycles. The van der Waals surface area contributed by atoms with Gasteiger partial charge in [0.05, 0.1) is 11.4 Å². The van der Waals surface area contributed by atoms with E-state index < -0.39 is 0 Å². The summed E-state index contributed by atoms with van der Waals surface area (Å²) in [5.41, 5.74) is 26.7. The maximum Gasteiger partial charge on any atom is 0.252 e. The zero-order chi connectivity index (χ0) is 50.1. The van der Waals surface area contributed by atoms with Crippen molar-refractivity contribution in [3.8, 4) is 66.8 Å². The smallest absolute Gasteiger partial charge is 0.252 e. The van der Waals surface area contributed by atoms with E-state index in [4.69, 9.17) is 0 Å². The van der Waals surface area contributed by atoms with E-state index in [2.05, 4.69) is 284 Å². The lowest BCUT2D eigenvalue weighted by molar-refractivity contribution is 0.667. The molecule has 0 amide bonds. The molecule has 0 spiro atoms. The Morgan fingerprint density at radius 1 is 0.293 bits per heavy atom. The van der Waals surface area contributed by atoms with Crippen LogP contribution in [0.15, 0.2) is 267 Å². The van der Waals surface area contributed by atoms with Gasteiger partial charge in [-0.3, -0.25) is 0 Å². The van der Waals surface area contributed by atoms with E-state index in [1.165, 1.54) is 142 Å². The molecule has 2 aliphatic heterocycles. The van der Waals surface area contributed by atoms with Gasteiger partial charge in [-0.1, -0.05) is 269 Å². The molecule has 13 rings (SSSR count). The van der Waals surface area contributed by atoms with Crippen LogP contribution in [0.5, 0.6) is 0 Å². The molecule has 2 aliphatic rings. The molecule has 2 heterocycles. The Kier molecular flexibility index (Phi) is 12.4. The molecule has 75 heavy (non-hydrogen) atoms. The van der Waals surface area contributed by atoms with Gasteiger partial charge in [-0.25, -0.2) is 0 Å². The molecular formula is C72H57BN2. The van der Waals surface area contributed by atoms with Gasteiger partial charge in [0.1, 0.15) is 0 Å². The summed E-state index contributed by atoms with van der Waals surface area (Å²) in [6.07, 6.45) is 5.71. The predicted octanol–water partition coefficient (Wildman–Crippen LogP) is 17.9. The minimum atomic E-state index is -0.109. The largest absolute Gasteiger partial charge is 0.310 e. The van der Waals surface area contributed by atoms with Crippen LogP contribution in [-0.2, 0) is 6.42 Å². The fourth-order valence-electron chi connectivity index (χ4n) is 12.0. The molecule has 11 aromatic rings. The zero-order valence-electron chi connectivity index (χ0n) is 42.4. The third-order valence-electron chi connectivity index (χ3n) is 15.5. The quantitative estimate of drug-likeness (QED) is 0.0839. The zero-order valence-corrected chi connectivity index (χ0v) is 42.4. The van der Waals surface area contributed by atoms with Crippen molar-refractivity contribution in [2.24, 2.45) is 0 Å². The molecule has 11 aromatic carbocycles. The Morgan fingerprint density at radius 2 is 0.640 bits per heavy atom. The Morgan fingerprint density at radius 3 is 0.987 bits per heavy atom. The number of hydrogen-bond acceptors (Lipinski definition) is 2. The van der Waals surface area contributed by atoms with Gasteiger partial charge < -0.3 is 9.80 Å². The van der Waals surface area contributed by atoms with Crippen molar-refractivity contribution in [2.45, 2.75) is 39.0 Å². The predicted molar refractivity (Wildman–Crippen MR) is 321 cm³/mol. The first-order chi connectivity index (χ1) is 37.2. The lowest BCUT2D eigenvalue weighted by Gasteiger charge is -2.46. The molecule has 0 N–H and O–H groups in total. The highest BCUT2D eigenvalue weighted by Crippen LogP contribution is 2.53. The first kappa shape index (κ1) is 45.9. The van der Waals surface area contributed by atoms with Gasteiger partial charge in [-0.05, 0) is 104 Å². The van der Waals surface area contributed by atoms with Crippen LogP contribution in [0, 0.1) is 0 Å². The van der Waals surface area contributed by atoms with Gasteiger partial charge in [0.25, 0.3) is 6.71 Å². The third kappa shape index (κ3) is 8.45. The van der Waals surface area contributed by atoms with E-state index in [-0.39, 0.29) is 6.71 Å². The molecule has 358 valence electrons. The average Bonchev–Trinajstić information content (AvgIpc) is 3.49. The standard InChI is InChI=1S/C72H57BN2/c1-2-3-4-11-26-51-47-68-70-69(48-51)75(72-62(56-35-20-9-21-36-56)41-25-42-63(72)57-37-22-10-23-38-57)67-46-44-59(53-29-14-6-15-30-53)50-65(67)73(70)64-49-58(52-27-12-5-13-28-52)43-45-66(64)74(68)71-60(54-31-16-7-17-32-54)39-24-40-61(71)55-33-18-8-19-34-55/h5-10,12-25,27-50H,2-4,11,26H2,1H3. The third-order valence-corrected chi connectivity index (χ3v) is 15.5. The summed E-state index contributed by atoms with van der Waals surface area (Å²) in [5.74, 6) is 0. The SMILES string of the molecule is CCCCCCc1cc2c3c(c1)N(c1c(-c4ccccc4)cccc1-c1ccccc1)c1ccc(-c4ccccc4)cc1B3c1cc(-c3ccccc3)ccc1N2c1c(-c2ccccc2)cccc1-c1ccccc1. The molecule has 0 aromatic heterocycles. The molecule has 2 nitrogen and oxygen atoms in total. The molecule has 0 bridgehead atoms. The van der Waals surface area contributed by atoms with Crippen LogP contribution in [-0.4, -0.2) is 6.71 Å². The van der Waals surface area contributed by atoms with E-state index in [1.807, 2.05) is 0 Å². The van der Waals surface area contributed by atoms with Crippen LogP contribution in [0.1, 0.15) is 38.2 Å². The summed E-state index contributed by atoms with van der Waals surface area (Å²) in [5, 5.41) is 0. The topological polar surface area (TPSA) is 6.48 Å². The van der Waals surface area contributed by atoms with Crippen molar-refractivity contribution in [3.05, 3.63) is 272 Å². The van der Waals surface area contributed by atoms with Gasteiger partial charge in [0.2, 0.25) is 0 Å². The van der Waals surface area contributed by atoms with E-state index >= 15 is 0 Å². The van der Waals surface area contributed by atoms with Crippen LogP contribution in [0.25, 0.3) is 66.8 Å². The lowest BCUT2D eigenvalue weighted by Crippen LogP contribution is -2.61. The van der Waals surface area contributed by atoms with Gasteiger partial charge in [0, 0.05) is 45.0 Å². The van der Waals surface area contributed by atoms with Crippen LogP contribution in [0.4, 0.5) is 34.1 Å². The monoisotopic (exact) mass is 960 g/mol. The van der Waals surface area contributed by atoms with Crippen molar-refractivity contribution in [1.82, 2.24) is 0 Å². The number of fused-ring (bicyclic) bond motifs is 4. The number of hydrogen-bond donors (Lipinski definition) is 0. The Labute approximate surface area is 443 Å². The number of benzene rings is 11. The molecule has 0 atom stereocenters. The fourth-order valence-corrected chi connectivity index (χ4v) is 12.0. The van der Waals surface area contributed by atoms with E-state index in [0.717, 1.165) is 12.8 Å².